The number of hydrogen-bond donors (Lipinski definition) is 2. The number of aryl methyl sites for hydroxylation is 1. The Morgan fingerprint density at radius 1 is 1.44 bits per heavy atom. The second-order valence-corrected chi connectivity index (χ2v) is 6.32. The molecule has 2 heterocycles. The van der Waals surface area contributed by atoms with Crippen molar-refractivity contribution in [2.24, 2.45) is 5.84 Å². The molecule has 0 saturated heterocycles. The topological polar surface area (TPSA) is 38.0 Å². The molecule has 2 aromatic rings. The highest BCUT2D eigenvalue weighted by Crippen LogP contribution is 2.28. The van der Waals surface area contributed by atoms with Gasteiger partial charge in [-0.05, 0) is 50.8 Å². The van der Waals surface area contributed by atoms with Crippen LogP contribution in [-0.4, -0.2) is 0 Å². The first-order chi connectivity index (χ1) is 7.70. The number of rotatable bonds is 4. The van der Waals surface area contributed by atoms with Crippen LogP contribution in [0, 0.1) is 6.92 Å². The van der Waals surface area contributed by atoms with Gasteiger partial charge in [0.1, 0.15) is 0 Å². The second-order valence-electron chi connectivity index (χ2n) is 3.66. The van der Waals surface area contributed by atoms with Crippen LogP contribution in [0.25, 0.3) is 0 Å². The Bertz CT molecular complexity index is 464. The smallest absolute Gasteiger partial charge is 0.0519 e. The molecule has 0 aliphatic carbocycles. The van der Waals surface area contributed by atoms with Crippen molar-refractivity contribution in [3.05, 3.63) is 42.7 Å². The summed E-state index contributed by atoms with van der Waals surface area (Å²) in [6.45, 7) is 2.13. The maximum atomic E-state index is 5.64. The lowest BCUT2D eigenvalue weighted by Gasteiger charge is -2.14. The van der Waals surface area contributed by atoms with E-state index in [9.17, 15) is 0 Å². The average Bonchev–Trinajstić information content (AvgIpc) is 2.84. The van der Waals surface area contributed by atoms with E-state index >= 15 is 0 Å². The van der Waals surface area contributed by atoms with Gasteiger partial charge in [-0.2, -0.15) is 11.3 Å². The Kier molecular flexibility index (Phi) is 4.16. The molecule has 0 bridgehead atoms. The lowest BCUT2D eigenvalue weighted by Crippen LogP contribution is -2.29. The Balaban J connectivity index is 2.15. The summed E-state index contributed by atoms with van der Waals surface area (Å²) in [6.07, 6.45) is 0.935. The van der Waals surface area contributed by atoms with E-state index in [2.05, 4.69) is 50.5 Å². The number of hydrogen-bond acceptors (Lipinski definition) is 4. The molecular formula is C11H13BrN2S2. The van der Waals surface area contributed by atoms with Gasteiger partial charge in [-0.25, -0.2) is 0 Å². The van der Waals surface area contributed by atoms with Crippen molar-refractivity contribution < 1.29 is 0 Å². The third-order valence-electron chi connectivity index (χ3n) is 2.50. The van der Waals surface area contributed by atoms with E-state index in [1.54, 1.807) is 22.7 Å². The Labute approximate surface area is 112 Å². The molecule has 0 fully saturated rings. The van der Waals surface area contributed by atoms with Crippen LogP contribution in [0.15, 0.2) is 26.7 Å². The molecule has 2 aromatic heterocycles. The van der Waals surface area contributed by atoms with Gasteiger partial charge >= 0.3 is 0 Å². The predicted octanol–water partition coefficient (Wildman–Crippen LogP) is 3.63. The lowest BCUT2D eigenvalue weighted by atomic mass is 10.0. The molecule has 0 spiro atoms. The van der Waals surface area contributed by atoms with Crippen molar-refractivity contribution in [1.82, 2.24) is 5.43 Å². The van der Waals surface area contributed by atoms with E-state index < -0.39 is 0 Å². The zero-order chi connectivity index (χ0) is 11.5. The van der Waals surface area contributed by atoms with Crippen LogP contribution in [0.5, 0.6) is 0 Å². The molecule has 2 rings (SSSR count). The Hall–Kier alpha value is -0.200. The maximum absolute atomic E-state index is 5.64. The van der Waals surface area contributed by atoms with Gasteiger partial charge in [-0.15, -0.1) is 11.3 Å². The van der Waals surface area contributed by atoms with Crippen molar-refractivity contribution in [1.29, 1.82) is 0 Å². The van der Waals surface area contributed by atoms with E-state index in [1.165, 1.54) is 16.0 Å². The molecule has 0 amide bonds. The molecule has 0 aliphatic rings. The Morgan fingerprint density at radius 3 is 2.75 bits per heavy atom. The number of hydrazine groups is 1. The molecule has 3 N–H and O–H groups in total. The summed E-state index contributed by atoms with van der Waals surface area (Å²) in [5, 5.41) is 6.43. The van der Waals surface area contributed by atoms with Crippen LogP contribution in [-0.2, 0) is 6.42 Å². The van der Waals surface area contributed by atoms with Gasteiger partial charge in [0, 0.05) is 21.2 Å². The number of nitrogens with one attached hydrogen (secondary N) is 1. The first kappa shape index (κ1) is 12.3. The second kappa shape index (κ2) is 5.42. The highest BCUT2D eigenvalue weighted by atomic mass is 79.9. The maximum Gasteiger partial charge on any atom is 0.0519 e. The van der Waals surface area contributed by atoms with Gasteiger partial charge in [0.05, 0.1) is 6.04 Å². The molecule has 0 radical (unpaired) electrons. The zero-order valence-electron chi connectivity index (χ0n) is 8.87. The highest BCUT2D eigenvalue weighted by Gasteiger charge is 2.14. The van der Waals surface area contributed by atoms with E-state index in [-0.39, 0.29) is 6.04 Å². The third-order valence-corrected chi connectivity index (χ3v) is 5.10. The SMILES string of the molecule is Cc1cscc1C(Cc1cc(Br)cs1)NN. The summed E-state index contributed by atoms with van der Waals surface area (Å²) in [5.41, 5.74) is 5.51. The van der Waals surface area contributed by atoms with Crippen LogP contribution in [0.1, 0.15) is 22.0 Å². The lowest BCUT2D eigenvalue weighted by molar-refractivity contribution is 0.555. The minimum Gasteiger partial charge on any atom is -0.271 e. The van der Waals surface area contributed by atoms with Crippen molar-refractivity contribution >= 4 is 38.6 Å². The van der Waals surface area contributed by atoms with Crippen LogP contribution in [0.4, 0.5) is 0 Å². The molecule has 5 heteroatoms. The summed E-state index contributed by atoms with van der Waals surface area (Å²) >= 11 is 6.95. The Morgan fingerprint density at radius 2 is 2.25 bits per heavy atom. The van der Waals surface area contributed by atoms with Gasteiger partial charge in [0.15, 0.2) is 0 Å². The van der Waals surface area contributed by atoms with Gasteiger partial charge in [-0.3, -0.25) is 11.3 Å². The first-order valence-electron chi connectivity index (χ1n) is 4.92. The summed E-state index contributed by atoms with van der Waals surface area (Å²) in [7, 11) is 0. The minimum absolute atomic E-state index is 0.205. The van der Waals surface area contributed by atoms with Crippen LogP contribution in [0.3, 0.4) is 0 Å². The van der Waals surface area contributed by atoms with Crippen molar-refractivity contribution in [2.75, 3.05) is 0 Å². The van der Waals surface area contributed by atoms with Crippen LogP contribution in [0.2, 0.25) is 0 Å². The molecule has 16 heavy (non-hydrogen) atoms. The van der Waals surface area contributed by atoms with Crippen molar-refractivity contribution in [2.45, 2.75) is 19.4 Å². The highest BCUT2D eigenvalue weighted by molar-refractivity contribution is 9.10. The molecular weight excluding hydrogens is 304 g/mol. The average molecular weight is 317 g/mol. The molecule has 1 unspecified atom stereocenters. The van der Waals surface area contributed by atoms with Gasteiger partial charge in [0.25, 0.3) is 0 Å². The largest absolute Gasteiger partial charge is 0.271 e. The minimum atomic E-state index is 0.205. The normalized spacial score (nSPS) is 12.9. The van der Waals surface area contributed by atoms with E-state index in [4.69, 9.17) is 5.84 Å². The predicted molar refractivity (Wildman–Crippen MR) is 74.8 cm³/mol. The molecule has 0 saturated carbocycles. The molecule has 0 aliphatic heterocycles. The quantitative estimate of drug-likeness (QED) is 0.667. The molecule has 2 nitrogen and oxygen atoms in total. The fraction of sp³-hybridized carbons (Fsp3) is 0.273. The van der Waals surface area contributed by atoms with Gasteiger partial charge in [-0.1, -0.05) is 0 Å². The summed E-state index contributed by atoms with van der Waals surface area (Å²) in [5.74, 6) is 5.64. The van der Waals surface area contributed by atoms with Crippen molar-refractivity contribution in [3.8, 4) is 0 Å². The number of halogens is 1. The molecule has 1 atom stereocenters. The molecule has 0 aromatic carbocycles. The monoisotopic (exact) mass is 316 g/mol. The standard InChI is InChI=1S/C11H13BrN2S2/c1-7-4-15-6-10(7)11(14-13)3-9-2-8(12)5-16-9/h2,4-6,11,14H,3,13H2,1H3. The van der Waals surface area contributed by atoms with E-state index in [0.29, 0.717) is 0 Å². The fourth-order valence-corrected chi connectivity index (χ4v) is 4.05. The van der Waals surface area contributed by atoms with Crippen LogP contribution < -0.4 is 11.3 Å². The van der Waals surface area contributed by atoms with E-state index in [1.807, 2.05) is 0 Å². The van der Waals surface area contributed by atoms with Gasteiger partial charge < -0.3 is 0 Å². The fourth-order valence-electron chi connectivity index (χ4n) is 1.65. The van der Waals surface area contributed by atoms with Crippen LogP contribution >= 0.6 is 38.6 Å². The number of nitrogens with two attached hydrogens (primary N) is 1. The van der Waals surface area contributed by atoms with Crippen molar-refractivity contribution in [3.63, 3.8) is 0 Å². The van der Waals surface area contributed by atoms with E-state index in [0.717, 1.165) is 10.9 Å². The summed E-state index contributed by atoms with van der Waals surface area (Å²) in [6, 6.07) is 2.35. The number of thiophene rings is 2. The first-order valence-corrected chi connectivity index (χ1v) is 7.54. The molecule has 86 valence electrons. The summed E-state index contributed by atoms with van der Waals surface area (Å²) in [4.78, 5) is 1.33. The van der Waals surface area contributed by atoms with Gasteiger partial charge in [0.2, 0.25) is 0 Å². The zero-order valence-corrected chi connectivity index (χ0v) is 12.1. The third kappa shape index (κ3) is 2.73. The summed E-state index contributed by atoms with van der Waals surface area (Å²) < 4.78 is 1.14.